The van der Waals surface area contributed by atoms with Crippen LogP contribution >= 0.6 is 39.1 Å². The molecule has 1 aromatic heterocycles. The highest BCUT2D eigenvalue weighted by Crippen LogP contribution is 2.30. The van der Waals surface area contributed by atoms with Gasteiger partial charge in [-0.2, -0.15) is 5.10 Å². The molecule has 0 saturated carbocycles. The average Bonchev–Trinajstić information content (AvgIpc) is 2.97. The monoisotopic (exact) mass is 417 g/mol. The summed E-state index contributed by atoms with van der Waals surface area (Å²) in [5, 5.41) is 5.05. The first-order chi connectivity index (χ1) is 11.0. The molecule has 0 N–H and O–H groups in total. The molecule has 0 bridgehead atoms. The molecule has 1 aromatic carbocycles. The predicted molar refractivity (Wildman–Crippen MR) is 94.9 cm³/mol. The molecular formula is C15H14BrCl2N3O2. The van der Waals surface area contributed by atoms with Gasteiger partial charge in [0.1, 0.15) is 16.3 Å². The number of nitrogens with zero attached hydrogens (tertiary/aromatic N) is 3. The van der Waals surface area contributed by atoms with Gasteiger partial charge in [-0.25, -0.2) is 4.68 Å². The van der Waals surface area contributed by atoms with E-state index < -0.39 is 0 Å². The lowest BCUT2D eigenvalue weighted by molar-refractivity contribution is 0.225. The number of aromatic nitrogens is 2. The van der Waals surface area contributed by atoms with Crippen LogP contribution in [0.5, 0.6) is 5.75 Å². The molecule has 1 fully saturated rings. The lowest BCUT2D eigenvalue weighted by atomic mass is 10.3. The molecule has 122 valence electrons. The summed E-state index contributed by atoms with van der Waals surface area (Å²) in [7, 11) is 1.62. The first kappa shape index (κ1) is 16.6. The molecule has 3 rings (SSSR count). The first-order valence-electron chi connectivity index (χ1n) is 7.04. The maximum absolute atomic E-state index is 12.0. The molecule has 5 nitrogen and oxygen atoms in total. The van der Waals surface area contributed by atoms with Crippen molar-refractivity contribution in [3.05, 3.63) is 49.3 Å². The Kier molecular flexibility index (Phi) is 4.85. The Bertz CT molecular complexity index is 797. The Morgan fingerprint density at radius 3 is 2.87 bits per heavy atom. The normalized spacial score (nSPS) is 17.6. The zero-order valence-electron chi connectivity index (χ0n) is 12.3. The number of benzene rings is 1. The minimum absolute atomic E-state index is 0.0169. The second kappa shape index (κ2) is 6.71. The minimum Gasteiger partial charge on any atom is -0.488 e. The topological polar surface area (TPSA) is 47.4 Å². The van der Waals surface area contributed by atoms with Crippen LogP contribution in [-0.4, -0.2) is 29.0 Å². The van der Waals surface area contributed by atoms with E-state index in [-0.39, 0.29) is 11.7 Å². The summed E-state index contributed by atoms with van der Waals surface area (Å²) in [5.74, 6) is 0.687. The third-order valence-electron chi connectivity index (χ3n) is 3.74. The number of rotatable bonds is 3. The van der Waals surface area contributed by atoms with Crippen molar-refractivity contribution in [3.63, 3.8) is 0 Å². The number of hydrogen-bond acceptors (Lipinski definition) is 4. The van der Waals surface area contributed by atoms with Gasteiger partial charge >= 0.3 is 0 Å². The highest BCUT2D eigenvalue weighted by atomic mass is 79.9. The molecule has 0 aliphatic carbocycles. The van der Waals surface area contributed by atoms with Crippen molar-refractivity contribution in [2.24, 2.45) is 7.05 Å². The third-order valence-corrected chi connectivity index (χ3v) is 5.22. The lowest BCUT2D eigenvalue weighted by Gasteiger charge is -2.20. The van der Waals surface area contributed by atoms with E-state index in [9.17, 15) is 4.79 Å². The maximum Gasteiger partial charge on any atom is 0.282 e. The van der Waals surface area contributed by atoms with Crippen LogP contribution in [0.15, 0.2) is 33.7 Å². The van der Waals surface area contributed by atoms with Gasteiger partial charge in [0, 0.05) is 26.1 Å². The van der Waals surface area contributed by atoms with Crippen molar-refractivity contribution in [1.29, 1.82) is 0 Å². The summed E-state index contributed by atoms with van der Waals surface area (Å²) in [5.41, 5.74) is 0.629. The summed E-state index contributed by atoms with van der Waals surface area (Å²) in [4.78, 5) is 14.0. The average molecular weight is 419 g/mol. The van der Waals surface area contributed by atoms with Crippen LogP contribution in [0.1, 0.15) is 6.42 Å². The molecule has 8 heteroatoms. The van der Waals surface area contributed by atoms with E-state index in [1.165, 1.54) is 4.68 Å². The van der Waals surface area contributed by atoms with E-state index in [0.717, 1.165) is 18.7 Å². The second-order valence-electron chi connectivity index (χ2n) is 5.32. The van der Waals surface area contributed by atoms with E-state index in [1.807, 2.05) is 0 Å². The van der Waals surface area contributed by atoms with Crippen LogP contribution in [0.2, 0.25) is 10.0 Å². The van der Waals surface area contributed by atoms with Crippen molar-refractivity contribution in [2.45, 2.75) is 12.5 Å². The first-order valence-corrected chi connectivity index (χ1v) is 8.59. The van der Waals surface area contributed by atoms with Gasteiger partial charge in [-0.3, -0.25) is 4.79 Å². The van der Waals surface area contributed by atoms with Crippen molar-refractivity contribution < 1.29 is 4.74 Å². The van der Waals surface area contributed by atoms with Crippen molar-refractivity contribution in [2.75, 3.05) is 18.0 Å². The molecule has 2 aromatic rings. The highest BCUT2D eigenvalue weighted by molar-refractivity contribution is 9.10. The number of hydrogen-bond donors (Lipinski definition) is 0. The summed E-state index contributed by atoms with van der Waals surface area (Å²) < 4.78 is 7.77. The molecule has 0 radical (unpaired) electrons. The summed E-state index contributed by atoms with van der Waals surface area (Å²) >= 11 is 15.3. The molecule has 2 heterocycles. The Morgan fingerprint density at radius 2 is 2.13 bits per heavy atom. The fraction of sp³-hybridized carbons (Fsp3) is 0.333. The van der Waals surface area contributed by atoms with Gasteiger partial charge < -0.3 is 9.64 Å². The van der Waals surface area contributed by atoms with Crippen molar-refractivity contribution >= 4 is 44.8 Å². The van der Waals surface area contributed by atoms with Crippen LogP contribution in [0.4, 0.5) is 5.69 Å². The largest absolute Gasteiger partial charge is 0.488 e. The van der Waals surface area contributed by atoms with Gasteiger partial charge in [0.25, 0.3) is 5.56 Å². The van der Waals surface area contributed by atoms with Crippen LogP contribution < -0.4 is 15.2 Å². The van der Waals surface area contributed by atoms with Crippen LogP contribution in [0.3, 0.4) is 0 Å². The minimum atomic E-state index is -0.156. The van der Waals surface area contributed by atoms with Gasteiger partial charge in [-0.1, -0.05) is 23.2 Å². The smallest absolute Gasteiger partial charge is 0.282 e. The quantitative estimate of drug-likeness (QED) is 0.765. The summed E-state index contributed by atoms with van der Waals surface area (Å²) in [6.07, 6.45) is 2.55. The SMILES string of the molecule is Cn1ncc(N2CCC(Oc3ccc(Cl)c(Cl)c3)C2)c(Br)c1=O. The van der Waals surface area contributed by atoms with Gasteiger partial charge in [0.05, 0.1) is 28.5 Å². The van der Waals surface area contributed by atoms with Gasteiger partial charge in [-0.05, 0) is 28.1 Å². The molecule has 1 saturated heterocycles. The Hall–Kier alpha value is -1.24. The number of halogens is 3. The van der Waals surface area contributed by atoms with Crippen LogP contribution in [0.25, 0.3) is 0 Å². The van der Waals surface area contributed by atoms with E-state index >= 15 is 0 Å². The van der Waals surface area contributed by atoms with Crippen molar-refractivity contribution in [1.82, 2.24) is 9.78 Å². The molecule has 23 heavy (non-hydrogen) atoms. The predicted octanol–water partition coefficient (Wildman–Crippen LogP) is 3.51. The molecule has 1 atom stereocenters. The Labute approximate surface area is 151 Å². The van der Waals surface area contributed by atoms with Gasteiger partial charge in [-0.15, -0.1) is 0 Å². The van der Waals surface area contributed by atoms with Crippen molar-refractivity contribution in [3.8, 4) is 5.75 Å². The molecule has 0 amide bonds. The zero-order chi connectivity index (χ0) is 16.6. The van der Waals surface area contributed by atoms with Gasteiger partial charge in [0.2, 0.25) is 0 Å². The van der Waals surface area contributed by atoms with E-state index in [0.29, 0.717) is 26.8 Å². The molecule has 1 aliphatic heterocycles. The fourth-order valence-electron chi connectivity index (χ4n) is 2.51. The standard InChI is InChI=1S/C15H14BrCl2N3O2/c1-20-15(22)14(16)13(7-19-20)21-5-4-10(8-21)23-9-2-3-11(17)12(18)6-9/h2-3,6-7,10H,4-5,8H2,1H3. The second-order valence-corrected chi connectivity index (χ2v) is 6.93. The Balaban J connectivity index is 1.72. The molecule has 1 aliphatic rings. The van der Waals surface area contributed by atoms with Crippen LogP contribution in [-0.2, 0) is 7.05 Å². The summed E-state index contributed by atoms with van der Waals surface area (Å²) in [6, 6.07) is 5.22. The Morgan fingerprint density at radius 1 is 1.35 bits per heavy atom. The molecule has 1 unspecified atom stereocenters. The maximum atomic E-state index is 12.0. The molecular weight excluding hydrogens is 405 g/mol. The number of anilines is 1. The number of ether oxygens (including phenoxy) is 1. The summed E-state index contributed by atoms with van der Waals surface area (Å²) in [6.45, 7) is 1.47. The third kappa shape index (κ3) is 3.49. The zero-order valence-corrected chi connectivity index (χ0v) is 15.4. The van der Waals surface area contributed by atoms with Crippen LogP contribution in [0, 0.1) is 0 Å². The van der Waals surface area contributed by atoms with Gasteiger partial charge in [0.15, 0.2) is 0 Å². The molecule has 0 spiro atoms. The fourth-order valence-corrected chi connectivity index (χ4v) is 3.41. The lowest BCUT2D eigenvalue weighted by Crippen LogP contribution is -2.28. The van der Waals surface area contributed by atoms with E-state index in [1.54, 1.807) is 31.4 Å². The number of aryl methyl sites for hydroxylation is 1. The van der Waals surface area contributed by atoms with E-state index in [2.05, 4.69) is 25.9 Å². The van der Waals surface area contributed by atoms with E-state index in [4.69, 9.17) is 27.9 Å². The highest BCUT2D eigenvalue weighted by Gasteiger charge is 2.26.